The highest BCUT2D eigenvalue weighted by Gasteiger charge is 2.24. The molecule has 3 aromatic rings. The molecule has 1 aromatic carbocycles. The van der Waals surface area contributed by atoms with Crippen molar-refractivity contribution in [3.63, 3.8) is 0 Å². The lowest BCUT2D eigenvalue weighted by atomic mass is 9.94. The van der Waals surface area contributed by atoms with E-state index in [-0.39, 0.29) is 24.1 Å². The summed E-state index contributed by atoms with van der Waals surface area (Å²) in [6.07, 6.45) is 4.93. The summed E-state index contributed by atoms with van der Waals surface area (Å²) in [5, 5.41) is 8.16. The predicted octanol–water partition coefficient (Wildman–Crippen LogP) is 3.80. The minimum absolute atomic E-state index is 0.194. The lowest BCUT2D eigenvalue weighted by Crippen LogP contribution is -2.40. The summed E-state index contributed by atoms with van der Waals surface area (Å²) in [5.41, 5.74) is 2.20. The number of carbonyl (C=O) groups excluding carboxylic acids is 1. The standard InChI is InChI=1S/C22H26FN5O/c1-2-11-28-22-16(13-24-28)9-10-19(26-22)17-6-5-12-27(14-17)15-21(29)25-20-8-4-3-7-18(20)23/h3-4,7-10,13,17H,2,5-6,11-12,14-15H2,1H3,(H,25,29). The van der Waals surface area contributed by atoms with E-state index in [0.29, 0.717) is 0 Å². The van der Waals surface area contributed by atoms with Crippen LogP contribution in [0, 0.1) is 5.82 Å². The largest absolute Gasteiger partial charge is 0.322 e. The highest BCUT2D eigenvalue weighted by Crippen LogP contribution is 2.27. The highest BCUT2D eigenvalue weighted by atomic mass is 19.1. The van der Waals surface area contributed by atoms with Crippen LogP contribution >= 0.6 is 0 Å². The molecule has 1 unspecified atom stereocenters. The second-order valence-electron chi connectivity index (χ2n) is 7.62. The number of halogens is 1. The summed E-state index contributed by atoms with van der Waals surface area (Å²) in [7, 11) is 0. The van der Waals surface area contributed by atoms with Gasteiger partial charge in [-0.05, 0) is 50.1 Å². The maximum absolute atomic E-state index is 13.8. The van der Waals surface area contributed by atoms with Crippen LogP contribution in [-0.4, -0.2) is 45.2 Å². The van der Waals surface area contributed by atoms with Crippen LogP contribution in [0.4, 0.5) is 10.1 Å². The quantitative estimate of drug-likeness (QED) is 0.690. The van der Waals surface area contributed by atoms with Gasteiger partial charge in [0.05, 0.1) is 18.4 Å². The van der Waals surface area contributed by atoms with Crippen molar-refractivity contribution >= 4 is 22.6 Å². The monoisotopic (exact) mass is 395 g/mol. The number of rotatable bonds is 6. The molecule has 29 heavy (non-hydrogen) atoms. The van der Waals surface area contributed by atoms with Gasteiger partial charge in [0.25, 0.3) is 0 Å². The summed E-state index contributed by atoms with van der Waals surface area (Å²) in [6, 6.07) is 10.4. The number of benzene rings is 1. The van der Waals surface area contributed by atoms with Gasteiger partial charge in [0.15, 0.2) is 5.65 Å². The zero-order valence-electron chi connectivity index (χ0n) is 16.6. The normalized spacial score (nSPS) is 17.5. The first kappa shape index (κ1) is 19.5. The van der Waals surface area contributed by atoms with Gasteiger partial charge in [-0.1, -0.05) is 19.1 Å². The van der Waals surface area contributed by atoms with Crippen LogP contribution < -0.4 is 5.32 Å². The van der Waals surface area contributed by atoms with Gasteiger partial charge >= 0.3 is 0 Å². The second kappa shape index (κ2) is 8.69. The number of para-hydroxylation sites is 1. The molecular weight excluding hydrogens is 369 g/mol. The third-order valence-electron chi connectivity index (χ3n) is 5.38. The van der Waals surface area contributed by atoms with Crippen molar-refractivity contribution in [2.45, 2.75) is 38.6 Å². The average molecular weight is 395 g/mol. The summed E-state index contributed by atoms with van der Waals surface area (Å²) < 4.78 is 15.7. The predicted molar refractivity (Wildman–Crippen MR) is 111 cm³/mol. The molecule has 1 saturated heterocycles. The topological polar surface area (TPSA) is 63.1 Å². The molecule has 1 amide bonds. The molecule has 1 N–H and O–H groups in total. The van der Waals surface area contributed by atoms with Crippen LogP contribution in [0.3, 0.4) is 0 Å². The highest BCUT2D eigenvalue weighted by molar-refractivity contribution is 5.92. The van der Waals surface area contributed by atoms with Gasteiger partial charge in [0.2, 0.25) is 5.91 Å². The minimum atomic E-state index is -0.418. The van der Waals surface area contributed by atoms with Gasteiger partial charge in [0.1, 0.15) is 5.82 Å². The molecule has 7 heteroatoms. The minimum Gasteiger partial charge on any atom is -0.322 e. The van der Waals surface area contributed by atoms with Crippen LogP contribution in [0.15, 0.2) is 42.6 Å². The van der Waals surface area contributed by atoms with Crippen molar-refractivity contribution < 1.29 is 9.18 Å². The zero-order valence-corrected chi connectivity index (χ0v) is 16.6. The molecule has 0 aliphatic carbocycles. The molecule has 1 atom stereocenters. The van der Waals surface area contributed by atoms with Crippen LogP contribution in [0.5, 0.6) is 0 Å². The lowest BCUT2D eigenvalue weighted by molar-refractivity contribution is -0.117. The average Bonchev–Trinajstić information content (AvgIpc) is 3.12. The maximum Gasteiger partial charge on any atom is 0.238 e. The van der Waals surface area contributed by atoms with E-state index in [0.717, 1.165) is 55.6 Å². The number of hydrogen-bond acceptors (Lipinski definition) is 4. The van der Waals surface area contributed by atoms with Gasteiger partial charge in [0, 0.05) is 30.1 Å². The van der Waals surface area contributed by atoms with Crippen molar-refractivity contribution in [1.29, 1.82) is 0 Å². The summed E-state index contributed by atoms with van der Waals surface area (Å²) in [5.74, 6) is -0.335. The Hall–Kier alpha value is -2.80. The number of pyridine rings is 1. The summed E-state index contributed by atoms with van der Waals surface area (Å²) in [4.78, 5) is 19.4. The van der Waals surface area contributed by atoms with Gasteiger partial charge in [-0.3, -0.25) is 9.69 Å². The van der Waals surface area contributed by atoms with Crippen LogP contribution in [-0.2, 0) is 11.3 Å². The smallest absolute Gasteiger partial charge is 0.238 e. The molecule has 3 heterocycles. The molecule has 0 bridgehead atoms. The molecule has 1 aliphatic heterocycles. The summed E-state index contributed by atoms with van der Waals surface area (Å²) >= 11 is 0. The third kappa shape index (κ3) is 4.45. The van der Waals surface area contributed by atoms with Gasteiger partial charge in [-0.15, -0.1) is 0 Å². The number of anilines is 1. The van der Waals surface area contributed by atoms with Crippen molar-refractivity contribution in [3.8, 4) is 0 Å². The maximum atomic E-state index is 13.8. The molecule has 1 fully saturated rings. The molecule has 4 rings (SSSR count). The first-order valence-corrected chi connectivity index (χ1v) is 10.2. The van der Waals surface area contributed by atoms with E-state index in [2.05, 4.69) is 34.4 Å². The third-order valence-corrected chi connectivity index (χ3v) is 5.38. The fourth-order valence-corrected chi connectivity index (χ4v) is 3.97. The summed E-state index contributed by atoms with van der Waals surface area (Å²) in [6.45, 7) is 4.86. The Bertz CT molecular complexity index is 1000. The Morgan fingerprint density at radius 3 is 2.97 bits per heavy atom. The molecular formula is C22H26FN5O. The van der Waals surface area contributed by atoms with E-state index in [9.17, 15) is 9.18 Å². The molecule has 152 valence electrons. The number of nitrogens with zero attached hydrogens (tertiary/aromatic N) is 4. The fourth-order valence-electron chi connectivity index (χ4n) is 3.97. The SMILES string of the molecule is CCCn1ncc2ccc(C3CCCN(CC(=O)Nc4ccccc4F)C3)nc21. The Balaban J connectivity index is 1.43. The number of hydrogen-bond donors (Lipinski definition) is 1. The van der Waals surface area contributed by atoms with Gasteiger partial charge in [-0.25, -0.2) is 14.1 Å². The molecule has 0 spiro atoms. The zero-order chi connectivity index (χ0) is 20.2. The van der Waals surface area contributed by atoms with Crippen LogP contribution in [0.25, 0.3) is 11.0 Å². The lowest BCUT2D eigenvalue weighted by Gasteiger charge is -2.32. The van der Waals surface area contributed by atoms with Crippen molar-refractivity contribution in [1.82, 2.24) is 19.7 Å². The van der Waals surface area contributed by atoms with E-state index < -0.39 is 5.82 Å². The van der Waals surface area contributed by atoms with Crippen molar-refractivity contribution in [3.05, 3.63) is 54.1 Å². The second-order valence-corrected chi connectivity index (χ2v) is 7.62. The number of likely N-dealkylation sites (tertiary alicyclic amines) is 1. The Labute approximate surface area is 169 Å². The number of fused-ring (bicyclic) bond motifs is 1. The Morgan fingerprint density at radius 1 is 1.28 bits per heavy atom. The number of amides is 1. The van der Waals surface area contributed by atoms with E-state index in [1.165, 1.54) is 6.07 Å². The first-order valence-electron chi connectivity index (χ1n) is 10.2. The first-order chi connectivity index (χ1) is 14.1. The van der Waals surface area contributed by atoms with Crippen molar-refractivity contribution in [2.75, 3.05) is 25.0 Å². The van der Waals surface area contributed by atoms with E-state index in [1.54, 1.807) is 18.2 Å². The van der Waals surface area contributed by atoms with Gasteiger partial charge < -0.3 is 5.32 Å². The van der Waals surface area contributed by atoms with Gasteiger partial charge in [-0.2, -0.15) is 5.10 Å². The molecule has 2 aromatic heterocycles. The fraction of sp³-hybridized carbons (Fsp3) is 0.409. The molecule has 1 aliphatic rings. The Kier molecular flexibility index (Phi) is 5.85. The van der Waals surface area contributed by atoms with E-state index >= 15 is 0 Å². The Morgan fingerprint density at radius 2 is 2.14 bits per heavy atom. The molecule has 0 radical (unpaired) electrons. The number of piperidine rings is 1. The number of aromatic nitrogens is 3. The number of nitrogens with one attached hydrogen (secondary N) is 1. The van der Waals surface area contributed by atoms with Crippen molar-refractivity contribution in [2.24, 2.45) is 0 Å². The van der Waals surface area contributed by atoms with Crippen LogP contribution in [0.1, 0.15) is 37.8 Å². The molecule has 0 saturated carbocycles. The number of aryl methyl sites for hydroxylation is 1. The number of carbonyl (C=O) groups is 1. The molecule has 6 nitrogen and oxygen atoms in total. The van der Waals surface area contributed by atoms with E-state index in [4.69, 9.17) is 4.98 Å². The van der Waals surface area contributed by atoms with E-state index in [1.807, 2.05) is 10.9 Å². The van der Waals surface area contributed by atoms with Crippen LogP contribution in [0.2, 0.25) is 0 Å².